The summed E-state index contributed by atoms with van der Waals surface area (Å²) in [6.07, 6.45) is 11.0. The fourth-order valence-corrected chi connectivity index (χ4v) is 3.23. The fraction of sp³-hybridized carbons (Fsp3) is 0.474. The lowest BCUT2D eigenvalue weighted by Crippen LogP contribution is -2.27. The lowest BCUT2D eigenvalue weighted by molar-refractivity contribution is 0.0947. The molecule has 0 aromatic carbocycles. The number of pyridine rings is 1. The van der Waals surface area contributed by atoms with Crippen molar-refractivity contribution >= 4 is 11.6 Å². The lowest BCUT2D eigenvalue weighted by Gasteiger charge is -2.13. The highest BCUT2D eigenvalue weighted by molar-refractivity contribution is 5.94. The summed E-state index contributed by atoms with van der Waals surface area (Å²) < 4.78 is 1.90. The molecule has 0 bridgehead atoms. The first-order valence-electron chi connectivity index (χ1n) is 8.62. The zero-order valence-electron chi connectivity index (χ0n) is 14.1. The van der Waals surface area contributed by atoms with Gasteiger partial charge in [0.2, 0.25) is 0 Å². The highest BCUT2D eigenvalue weighted by Crippen LogP contribution is 2.20. The number of hydrogen-bond acceptors (Lipinski definition) is 2. The molecule has 122 valence electrons. The first kappa shape index (κ1) is 15.8. The van der Waals surface area contributed by atoms with Crippen LogP contribution < -0.4 is 5.32 Å². The number of nitrogens with zero attached hydrogens (tertiary/aromatic N) is 2. The number of hydrogen-bond donors (Lipinski definition) is 1. The Hall–Kier alpha value is -2.10. The molecular formula is C19H25N3O. The molecule has 4 nitrogen and oxygen atoms in total. The average molecular weight is 311 g/mol. The van der Waals surface area contributed by atoms with Gasteiger partial charge in [-0.2, -0.15) is 0 Å². The van der Waals surface area contributed by atoms with Crippen LogP contribution in [0, 0.1) is 6.92 Å². The zero-order chi connectivity index (χ0) is 16.2. The van der Waals surface area contributed by atoms with Crippen LogP contribution in [0.3, 0.4) is 0 Å². The van der Waals surface area contributed by atoms with Gasteiger partial charge in [-0.3, -0.25) is 9.20 Å². The molecule has 23 heavy (non-hydrogen) atoms. The highest BCUT2D eigenvalue weighted by Gasteiger charge is 2.18. The van der Waals surface area contributed by atoms with Crippen LogP contribution in [0.4, 0.5) is 0 Å². The normalized spacial score (nSPS) is 14.8. The van der Waals surface area contributed by atoms with E-state index in [1.807, 2.05) is 36.6 Å². The van der Waals surface area contributed by atoms with E-state index in [2.05, 4.69) is 16.4 Å². The van der Waals surface area contributed by atoms with Crippen molar-refractivity contribution in [3.05, 3.63) is 46.9 Å². The van der Waals surface area contributed by atoms with Crippen molar-refractivity contribution in [1.29, 1.82) is 0 Å². The van der Waals surface area contributed by atoms with Gasteiger partial charge in [0.15, 0.2) is 0 Å². The largest absolute Gasteiger partial charge is 0.350 e. The van der Waals surface area contributed by atoms with Crippen LogP contribution in [0.5, 0.6) is 0 Å². The molecule has 1 aliphatic rings. The molecule has 0 atom stereocenters. The minimum Gasteiger partial charge on any atom is -0.350 e. The van der Waals surface area contributed by atoms with Crippen LogP contribution in [0.15, 0.2) is 30.0 Å². The van der Waals surface area contributed by atoms with Crippen LogP contribution in [-0.4, -0.2) is 21.8 Å². The van der Waals surface area contributed by atoms with E-state index in [0.29, 0.717) is 12.2 Å². The topological polar surface area (TPSA) is 46.4 Å². The third-order valence-corrected chi connectivity index (χ3v) is 4.52. The molecule has 0 unspecified atom stereocenters. The maximum atomic E-state index is 12.6. The van der Waals surface area contributed by atoms with Gasteiger partial charge in [-0.05, 0) is 63.1 Å². The predicted octanol–water partition coefficient (Wildman–Crippen LogP) is 3.83. The monoisotopic (exact) mass is 311 g/mol. The Kier molecular flexibility index (Phi) is 4.79. The van der Waals surface area contributed by atoms with Gasteiger partial charge in [0.1, 0.15) is 11.3 Å². The summed E-state index contributed by atoms with van der Waals surface area (Å²) in [6, 6.07) is 4.03. The molecular weight excluding hydrogens is 286 g/mol. The first-order valence-corrected chi connectivity index (χ1v) is 8.62. The van der Waals surface area contributed by atoms with E-state index in [4.69, 9.17) is 0 Å². The van der Waals surface area contributed by atoms with E-state index in [-0.39, 0.29) is 5.91 Å². The van der Waals surface area contributed by atoms with Crippen LogP contribution in [-0.2, 0) is 6.42 Å². The Labute approximate surface area is 137 Å². The number of amides is 1. The number of nitrogens with one attached hydrogen (secondary N) is 1. The third kappa shape index (κ3) is 3.46. The molecule has 1 amide bonds. The second-order valence-electron chi connectivity index (χ2n) is 6.31. The highest BCUT2D eigenvalue weighted by atomic mass is 16.1. The summed E-state index contributed by atoms with van der Waals surface area (Å²) >= 11 is 0. The van der Waals surface area contributed by atoms with Gasteiger partial charge < -0.3 is 5.32 Å². The maximum absolute atomic E-state index is 12.6. The van der Waals surface area contributed by atoms with Crippen molar-refractivity contribution in [2.75, 3.05) is 6.54 Å². The Morgan fingerprint density at radius 2 is 2.26 bits per heavy atom. The van der Waals surface area contributed by atoms with Crippen molar-refractivity contribution in [3.8, 4) is 0 Å². The number of aryl methyl sites for hydroxylation is 2. The minimum absolute atomic E-state index is 0.0189. The van der Waals surface area contributed by atoms with E-state index >= 15 is 0 Å². The Balaban J connectivity index is 1.73. The van der Waals surface area contributed by atoms with Crippen molar-refractivity contribution in [3.63, 3.8) is 0 Å². The Bertz CT molecular complexity index is 742. The van der Waals surface area contributed by atoms with E-state index in [1.54, 1.807) is 0 Å². The van der Waals surface area contributed by atoms with Crippen LogP contribution in [0.25, 0.3) is 5.65 Å². The molecule has 0 aliphatic heterocycles. The second-order valence-corrected chi connectivity index (χ2v) is 6.31. The van der Waals surface area contributed by atoms with E-state index < -0.39 is 0 Å². The van der Waals surface area contributed by atoms with Crippen molar-refractivity contribution in [1.82, 2.24) is 14.7 Å². The van der Waals surface area contributed by atoms with Crippen molar-refractivity contribution in [2.45, 2.75) is 52.4 Å². The first-order chi connectivity index (χ1) is 11.2. The van der Waals surface area contributed by atoms with Gasteiger partial charge in [0.05, 0.1) is 5.69 Å². The molecule has 0 saturated heterocycles. The van der Waals surface area contributed by atoms with Gasteiger partial charge in [-0.25, -0.2) is 4.98 Å². The molecule has 0 fully saturated rings. The molecule has 2 aromatic heterocycles. The van der Waals surface area contributed by atoms with Crippen LogP contribution in [0.1, 0.15) is 60.8 Å². The van der Waals surface area contributed by atoms with E-state index in [9.17, 15) is 4.79 Å². The molecule has 3 rings (SSSR count). The van der Waals surface area contributed by atoms with Crippen molar-refractivity contribution < 1.29 is 4.79 Å². The van der Waals surface area contributed by atoms with Crippen molar-refractivity contribution in [2.24, 2.45) is 0 Å². The minimum atomic E-state index is -0.0189. The molecule has 4 heteroatoms. The molecule has 2 aromatic rings. The van der Waals surface area contributed by atoms with Gasteiger partial charge in [0, 0.05) is 12.7 Å². The SMILES string of the molecule is CCc1nc2cc(C)ccn2c1C(=O)NCCC1=CCCCC1. The Morgan fingerprint density at radius 3 is 3.00 bits per heavy atom. The summed E-state index contributed by atoms with van der Waals surface area (Å²) in [4.78, 5) is 17.2. The number of carbonyl (C=O) groups is 1. The molecule has 1 N–H and O–H groups in total. The quantitative estimate of drug-likeness (QED) is 0.853. The van der Waals surface area contributed by atoms with Gasteiger partial charge in [0.25, 0.3) is 5.91 Å². The number of imidazole rings is 1. The molecule has 0 radical (unpaired) electrons. The summed E-state index contributed by atoms with van der Waals surface area (Å²) in [5.74, 6) is -0.0189. The number of carbonyl (C=O) groups excluding carboxylic acids is 1. The second kappa shape index (κ2) is 6.99. The fourth-order valence-electron chi connectivity index (χ4n) is 3.23. The summed E-state index contributed by atoms with van der Waals surface area (Å²) in [7, 11) is 0. The molecule has 0 saturated carbocycles. The summed E-state index contributed by atoms with van der Waals surface area (Å²) in [5.41, 5.74) is 5.04. The summed E-state index contributed by atoms with van der Waals surface area (Å²) in [5, 5.41) is 3.07. The van der Waals surface area contributed by atoms with Gasteiger partial charge in [-0.15, -0.1) is 0 Å². The Morgan fingerprint density at radius 1 is 1.39 bits per heavy atom. The smallest absolute Gasteiger partial charge is 0.270 e. The molecule has 2 heterocycles. The van der Waals surface area contributed by atoms with Gasteiger partial charge >= 0.3 is 0 Å². The number of fused-ring (bicyclic) bond motifs is 1. The maximum Gasteiger partial charge on any atom is 0.270 e. The summed E-state index contributed by atoms with van der Waals surface area (Å²) in [6.45, 7) is 4.78. The zero-order valence-corrected chi connectivity index (χ0v) is 14.1. The predicted molar refractivity (Wildman–Crippen MR) is 92.8 cm³/mol. The average Bonchev–Trinajstić information content (AvgIpc) is 2.93. The van der Waals surface area contributed by atoms with Crippen LogP contribution >= 0.6 is 0 Å². The molecule has 1 aliphatic carbocycles. The molecule has 0 spiro atoms. The van der Waals surface area contributed by atoms with E-state index in [1.165, 1.54) is 31.3 Å². The van der Waals surface area contributed by atoms with Crippen LogP contribution in [0.2, 0.25) is 0 Å². The number of rotatable bonds is 5. The number of aromatic nitrogens is 2. The number of allylic oxidation sites excluding steroid dienone is 1. The lowest BCUT2D eigenvalue weighted by atomic mass is 9.97. The van der Waals surface area contributed by atoms with Gasteiger partial charge in [-0.1, -0.05) is 18.6 Å². The third-order valence-electron chi connectivity index (χ3n) is 4.52. The van der Waals surface area contributed by atoms with E-state index in [0.717, 1.165) is 29.7 Å². The standard InChI is InChI=1S/C19H25N3O/c1-3-16-18(22-12-10-14(2)13-17(22)21-16)19(23)20-11-9-15-7-5-4-6-8-15/h7,10,12-13H,3-6,8-9,11H2,1-2H3,(H,20,23).